The molecule has 0 saturated heterocycles. The number of aryl methyl sites for hydroxylation is 3. The molecule has 1 aromatic rings. The first-order chi connectivity index (χ1) is 8.49. The Hall–Kier alpha value is -1.55. The summed E-state index contributed by atoms with van der Waals surface area (Å²) in [5, 5.41) is 0. The van der Waals surface area contributed by atoms with Crippen LogP contribution in [0.15, 0.2) is 12.1 Å². The molecule has 4 heteroatoms. The van der Waals surface area contributed by atoms with Gasteiger partial charge in [0.05, 0.1) is 14.2 Å². The predicted octanol–water partition coefficient (Wildman–Crippen LogP) is 1.74. The highest BCUT2D eigenvalue weighted by Gasteiger charge is 2.14. The van der Waals surface area contributed by atoms with Gasteiger partial charge in [-0.05, 0) is 43.4 Å². The molecule has 0 bridgehead atoms. The Balaban J connectivity index is 2.72. The van der Waals surface area contributed by atoms with Gasteiger partial charge in [0.1, 0.15) is 11.8 Å². The minimum Gasteiger partial charge on any atom is -0.496 e. The smallest absolute Gasteiger partial charge is 0.322 e. The summed E-state index contributed by atoms with van der Waals surface area (Å²) < 4.78 is 9.91. The average molecular weight is 251 g/mol. The van der Waals surface area contributed by atoms with E-state index >= 15 is 0 Å². The largest absolute Gasteiger partial charge is 0.496 e. The second-order valence-electron chi connectivity index (χ2n) is 4.43. The van der Waals surface area contributed by atoms with E-state index in [2.05, 4.69) is 16.9 Å². The Kier molecular flexibility index (Phi) is 5.16. The summed E-state index contributed by atoms with van der Waals surface area (Å²) in [6.45, 7) is 4.02. The van der Waals surface area contributed by atoms with Crippen molar-refractivity contribution in [2.75, 3.05) is 14.2 Å². The van der Waals surface area contributed by atoms with Crippen LogP contribution in [-0.4, -0.2) is 26.2 Å². The quantitative estimate of drug-likeness (QED) is 0.810. The Bertz CT molecular complexity index is 406. The first-order valence-electron chi connectivity index (χ1n) is 5.97. The van der Waals surface area contributed by atoms with Gasteiger partial charge in [-0.1, -0.05) is 12.1 Å². The molecule has 0 fully saturated rings. The molecule has 1 rings (SSSR count). The monoisotopic (exact) mass is 251 g/mol. The zero-order valence-electron chi connectivity index (χ0n) is 11.4. The summed E-state index contributed by atoms with van der Waals surface area (Å²) in [4.78, 5) is 11.2. The Labute approximate surface area is 108 Å². The number of hydrogen-bond donors (Lipinski definition) is 1. The second kappa shape index (κ2) is 6.40. The van der Waals surface area contributed by atoms with E-state index in [9.17, 15) is 4.79 Å². The molecule has 18 heavy (non-hydrogen) atoms. The van der Waals surface area contributed by atoms with Gasteiger partial charge in [-0.25, -0.2) is 0 Å². The molecular formula is C14H21NO3. The van der Waals surface area contributed by atoms with Crippen LogP contribution in [0, 0.1) is 13.8 Å². The van der Waals surface area contributed by atoms with Crippen LogP contribution in [0.2, 0.25) is 0 Å². The molecule has 0 heterocycles. The minimum atomic E-state index is -0.558. The van der Waals surface area contributed by atoms with Crippen LogP contribution in [-0.2, 0) is 16.0 Å². The fourth-order valence-electron chi connectivity index (χ4n) is 2.10. The fraction of sp³-hybridized carbons (Fsp3) is 0.500. The zero-order valence-corrected chi connectivity index (χ0v) is 11.4. The SMILES string of the molecule is COC(=O)C(N)CCc1cc(C)c(OC)c(C)c1. The van der Waals surface area contributed by atoms with Crippen LogP contribution in [0.3, 0.4) is 0 Å². The molecule has 4 nitrogen and oxygen atoms in total. The highest BCUT2D eigenvalue weighted by molar-refractivity contribution is 5.75. The molecule has 0 saturated carbocycles. The maximum absolute atomic E-state index is 11.2. The molecule has 0 radical (unpaired) electrons. The number of benzene rings is 1. The van der Waals surface area contributed by atoms with Crippen LogP contribution in [0.4, 0.5) is 0 Å². The van der Waals surface area contributed by atoms with Crippen molar-refractivity contribution in [1.82, 2.24) is 0 Å². The van der Waals surface area contributed by atoms with Gasteiger partial charge in [-0.2, -0.15) is 0 Å². The van der Waals surface area contributed by atoms with Crippen molar-refractivity contribution in [2.24, 2.45) is 5.73 Å². The lowest BCUT2D eigenvalue weighted by Crippen LogP contribution is -2.31. The van der Waals surface area contributed by atoms with E-state index in [4.69, 9.17) is 10.5 Å². The third kappa shape index (κ3) is 3.47. The maximum Gasteiger partial charge on any atom is 0.322 e. The van der Waals surface area contributed by atoms with Crippen molar-refractivity contribution >= 4 is 5.97 Å². The number of carbonyl (C=O) groups excluding carboxylic acids is 1. The molecule has 1 aromatic carbocycles. The van der Waals surface area contributed by atoms with E-state index < -0.39 is 6.04 Å². The minimum absolute atomic E-state index is 0.364. The molecule has 0 aliphatic heterocycles. The normalized spacial score (nSPS) is 12.1. The number of hydrogen-bond acceptors (Lipinski definition) is 4. The molecule has 2 N–H and O–H groups in total. The van der Waals surface area contributed by atoms with Gasteiger partial charge in [-0.3, -0.25) is 4.79 Å². The summed E-state index contributed by atoms with van der Waals surface area (Å²) in [6, 6.07) is 3.57. The molecule has 100 valence electrons. The lowest BCUT2D eigenvalue weighted by molar-refractivity contribution is -0.142. The van der Waals surface area contributed by atoms with Gasteiger partial charge >= 0.3 is 5.97 Å². The number of esters is 1. The zero-order chi connectivity index (χ0) is 13.7. The van der Waals surface area contributed by atoms with Gasteiger partial charge in [0.25, 0.3) is 0 Å². The lowest BCUT2D eigenvalue weighted by Gasteiger charge is -2.13. The van der Waals surface area contributed by atoms with E-state index in [1.165, 1.54) is 7.11 Å². The Morgan fingerprint density at radius 3 is 2.28 bits per heavy atom. The summed E-state index contributed by atoms with van der Waals surface area (Å²) in [7, 11) is 3.02. The highest BCUT2D eigenvalue weighted by Crippen LogP contribution is 2.24. The average Bonchev–Trinajstić information content (AvgIpc) is 2.34. The van der Waals surface area contributed by atoms with Crippen LogP contribution in [0.25, 0.3) is 0 Å². The lowest BCUT2D eigenvalue weighted by atomic mass is 10.0. The Morgan fingerprint density at radius 2 is 1.83 bits per heavy atom. The molecule has 0 aliphatic rings. The van der Waals surface area contributed by atoms with Crippen LogP contribution in [0.5, 0.6) is 5.75 Å². The highest BCUT2D eigenvalue weighted by atomic mass is 16.5. The molecule has 0 spiro atoms. The molecule has 1 unspecified atom stereocenters. The molecule has 0 amide bonds. The molecular weight excluding hydrogens is 230 g/mol. The number of methoxy groups -OCH3 is 2. The van der Waals surface area contributed by atoms with E-state index in [1.54, 1.807) is 7.11 Å². The van der Waals surface area contributed by atoms with E-state index in [1.807, 2.05) is 13.8 Å². The van der Waals surface area contributed by atoms with Crippen LogP contribution in [0.1, 0.15) is 23.1 Å². The summed E-state index contributed by atoms with van der Waals surface area (Å²) in [5.41, 5.74) is 9.06. The van der Waals surface area contributed by atoms with Gasteiger partial charge in [-0.15, -0.1) is 0 Å². The van der Waals surface area contributed by atoms with E-state index in [0.29, 0.717) is 6.42 Å². The first kappa shape index (κ1) is 14.5. The van der Waals surface area contributed by atoms with Gasteiger partial charge in [0, 0.05) is 0 Å². The third-order valence-electron chi connectivity index (χ3n) is 2.97. The van der Waals surface area contributed by atoms with E-state index in [0.717, 1.165) is 28.9 Å². The number of ether oxygens (including phenoxy) is 2. The number of carbonyl (C=O) groups is 1. The number of rotatable bonds is 5. The number of nitrogens with two attached hydrogens (primary N) is 1. The first-order valence-corrected chi connectivity index (χ1v) is 5.97. The fourth-order valence-corrected chi connectivity index (χ4v) is 2.10. The van der Waals surface area contributed by atoms with Crippen molar-refractivity contribution in [3.63, 3.8) is 0 Å². The Morgan fingerprint density at radius 1 is 1.28 bits per heavy atom. The summed E-state index contributed by atoms with van der Waals surface area (Å²) in [5.74, 6) is 0.549. The van der Waals surface area contributed by atoms with Crippen LogP contribution >= 0.6 is 0 Å². The summed E-state index contributed by atoms with van der Waals surface area (Å²) in [6.07, 6.45) is 1.33. The van der Waals surface area contributed by atoms with Gasteiger partial charge in [0.15, 0.2) is 0 Å². The molecule has 0 aromatic heterocycles. The van der Waals surface area contributed by atoms with Gasteiger partial charge < -0.3 is 15.2 Å². The van der Waals surface area contributed by atoms with Crippen molar-refractivity contribution in [1.29, 1.82) is 0 Å². The third-order valence-corrected chi connectivity index (χ3v) is 2.97. The molecule has 0 aliphatic carbocycles. The predicted molar refractivity (Wildman–Crippen MR) is 70.8 cm³/mol. The van der Waals surface area contributed by atoms with Crippen molar-refractivity contribution in [2.45, 2.75) is 32.7 Å². The second-order valence-corrected chi connectivity index (χ2v) is 4.43. The standard InChI is InChI=1S/C14H21NO3/c1-9-7-11(8-10(2)13(9)17-3)5-6-12(15)14(16)18-4/h7-8,12H,5-6,15H2,1-4H3. The topological polar surface area (TPSA) is 61.5 Å². The molecule has 1 atom stereocenters. The summed E-state index contributed by atoms with van der Waals surface area (Å²) >= 11 is 0. The van der Waals surface area contributed by atoms with Crippen molar-refractivity contribution < 1.29 is 14.3 Å². The van der Waals surface area contributed by atoms with E-state index in [-0.39, 0.29) is 5.97 Å². The maximum atomic E-state index is 11.2. The van der Waals surface area contributed by atoms with Crippen molar-refractivity contribution in [3.05, 3.63) is 28.8 Å². The van der Waals surface area contributed by atoms with Crippen molar-refractivity contribution in [3.8, 4) is 5.75 Å². The van der Waals surface area contributed by atoms with Gasteiger partial charge in [0.2, 0.25) is 0 Å². The van der Waals surface area contributed by atoms with Crippen LogP contribution < -0.4 is 10.5 Å².